The van der Waals surface area contributed by atoms with Crippen molar-refractivity contribution in [3.8, 4) is 5.75 Å². The monoisotopic (exact) mass is 334 g/mol. The third kappa shape index (κ3) is 2.77. The fourth-order valence-corrected chi connectivity index (χ4v) is 2.23. The average Bonchev–Trinajstić information content (AvgIpc) is 2.39. The van der Waals surface area contributed by atoms with Crippen molar-refractivity contribution in [2.45, 2.75) is 13.8 Å². The fourth-order valence-electron chi connectivity index (χ4n) is 1.88. The van der Waals surface area contributed by atoms with Gasteiger partial charge in [-0.1, -0.05) is 22.0 Å². The van der Waals surface area contributed by atoms with Crippen molar-refractivity contribution in [1.82, 2.24) is 0 Å². The van der Waals surface area contributed by atoms with Crippen molar-refractivity contribution in [2.24, 2.45) is 0 Å². The number of phenols is 1. The number of nitrogens with two attached hydrogens (primary N) is 1. The second-order valence-corrected chi connectivity index (χ2v) is 5.50. The molecule has 1 amide bonds. The van der Waals surface area contributed by atoms with Crippen LogP contribution in [0.25, 0.3) is 0 Å². The second-order valence-electron chi connectivity index (χ2n) is 4.59. The SMILES string of the molecule is Cc1ccc(N)c(NC(=O)c2ccc(Br)cc2O)c1C. The molecule has 5 heteroatoms. The highest BCUT2D eigenvalue weighted by Crippen LogP contribution is 2.28. The summed E-state index contributed by atoms with van der Waals surface area (Å²) in [6, 6.07) is 8.37. The zero-order valence-electron chi connectivity index (χ0n) is 11.2. The van der Waals surface area contributed by atoms with Crippen molar-refractivity contribution in [3.63, 3.8) is 0 Å². The number of amides is 1. The Labute approximate surface area is 125 Å². The van der Waals surface area contributed by atoms with Crippen LogP contribution in [-0.4, -0.2) is 11.0 Å². The number of carbonyl (C=O) groups is 1. The molecular weight excluding hydrogens is 320 g/mol. The number of aryl methyl sites for hydroxylation is 1. The maximum Gasteiger partial charge on any atom is 0.259 e. The Morgan fingerprint density at radius 2 is 1.95 bits per heavy atom. The van der Waals surface area contributed by atoms with E-state index < -0.39 is 5.91 Å². The maximum absolute atomic E-state index is 12.2. The molecule has 0 aliphatic rings. The van der Waals surface area contributed by atoms with Crippen molar-refractivity contribution in [2.75, 3.05) is 11.1 Å². The molecule has 4 N–H and O–H groups in total. The number of nitrogens with one attached hydrogen (secondary N) is 1. The molecule has 2 aromatic carbocycles. The lowest BCUT2D eigenvalue weighted by molar-refractivity contribution is 0.102. The van der Waals surface area contributed by atoms with Gasteiger partial charge in [0, 0.05) is 4.47 Å². The molecule has 0 bridgehead atoms. The van der Waals surface area contributed by atoms with E-state index in [1.54, 1.807) is 18.2 Å². The summed E-state index contributed by atoms with van der Waals surface area (Å²) in [6.45, 7) is 3.84. The van der Waals surface area contributed by atoms with Gasteiger partial charge in [0.2, 0.25) is 0 Å². The number of rotatable bonds is 2. The molecule has 4 nitrogen and oxygen atoms in total. The van der Waals surface area contributed by atoms with Crippen LogP contribution in [0.15, 0.2) is 34.8 Å². The number of anilines is 2. The van der Waals surface area contributed by atoms with Crippen LogP contribution >= 0.6 is 15.9 Å². The predicted molar refractivity (Wildman–Crippen MR) is 84.1 cm³/mol. The highest BCUT2D eigenvalue weighted by molar-refractivity contribution is 9.10. The van der Waals surface area contributed by atoms with Gasteiger partial charge in [0.25, 0.3) is 5.91 Å². The normalized spacial score (nSPS) is 10.3. The summed E-state index contributed by atoms with van der Waals surface area (Å²) >= 11 is 3.23. The number of hydrogen-bond acceptors (Lipinski definition) is 3. The lowest BCUT2D eigenvalue weighted by Gasteiger charge is -2.14. The predicted octanol–water partition coefficient (Wildman–Crippen LogP) is 3.61. The van der Waals surface area contributed by atoms with Crippen LogP contribution in [0.2, 0.25) is 0 Å². The van der Waals surface area contributed by atoms with Crippen molar-refractivity contribution < 1.29 is 9.90 Å². The van der Waals surface area contributed by atoms with Gasteiger partial charge in [-0.05, 0) is 49.2 Å². The van der Waals surface area contributed by atoms with Crippen LogP contribution in [0.1, 0.15) is 21.5 Å². The van der Waals surface area contributed by atoms with Gasteiger partial charge in [-0.25, -0.2) is 0 Å². The minimum Gasteiger partial charge on any atom is -0.507 e. The molecule has 20 heavy (non-hydrogen) atoms. The van der Waals surface area contributed by atoms with E-state index in [0.29, 0.717) is 15.8 Å². The van der Waals surface area contributed by atoms with E-state index in [4.69, 9.17) is 5.73 Å². The van der Waals surface area contributed by atoms with Crippen LogP contribution in [0.4, 0.5) is 11.4 Å². The maximum atomic E-state index is 12.2. The van der Waals surface area contributed by atoms with E-state index >= 15 is 0 Å². The van der Waals surface area contributed by atoms with Crippen LogP contribution in [0.3, 0.4) is 0 Å². The molecule has 0 aliphatic heterocycles. The van der Waals surface area contributed by atoms with Crippen molar-refractivity contribution in [1.29, 1.82) is 0 Å². The molecule has 0 atom stereocenters. The highest BCUT2D eigenvalue weighted by atomic mass is 79.9. The summed E-state index contributed by atoms with van der Waals surface area (Å²) in [4.78, 5) is 12.2. The standard InChI is InChI=1S/C15H15BrN2O2/c1-8-3-6-12(17)14(9(8)2)18-15(20)11-5-4-10(16)7-13(11)19/h3-7,19H,17H2,1-2H3,(H,18,20). The first-order valence-corrected chi connectivity index (χ1v) is 6.85. The molecule has 0 fully saturated rings. The van der Waals surface area contributed by atoms with Gasteiger partial charge in [0.05, 0.1) is 16.9 Å². The van der Waals surface area contributed by atoms with Gasteiger partial charge < -0.3 is 16.2 Å². The van der Waals surface area contributed by atoms with Crippen LogP contribution in [-0.2, 0) is 0 Å². The lowest BCUT2D eigenvalue weighted by Crippen LogP contribution is -2.14. The number of halogens is 1. The van der Waals surface area contributed by atoms with E-state index in [1.807, 2.05) is 19.9 Å². The molecule has 0 aromatic heterocycles. The molecule has 104 valence electrons. The highest BCUT2D eigenvalue weighted by Gasteiger charge is 2.14. The molecular formula is C15H15BrN2O2. The topological polar surface area (TPSA) is 75.3 Å². The Kier molecular flexibility index (Phi) is 3.99. The minimum atomic E-state index is -0.393. The number of hydrogen-bond donors (Lipinski definition) is 3. The lowest BCUT2D eigenvalue weighted by atomic mass is 10.1. The van der Waals surface area contributed by atoms with Crippen LogP contribution in [0, 0.1) is 13.8 Å². The van der Waals surface area contributed by atoms with E-state index in [1.165, 1.54) is 6.07 Å². The van der Waals surface area contributed by atoms with Gasteiger partial charge in [-0.2, -0.15) is 0 Å². The summed E-state index contributed by atoms with van der Waals surface area (Å²) < 4.78 is 0.706. The van der Waals surface area contributed by atoms with Crippen LogP contribution in [0.5, 0.6) is 5.75 Å². The third-order valence-electron chi connectivity index (χ3n) is 3.21. The van der Waals surface area contributed by atoms with Gasteiger partial charge in [-0.3, -0.25) is 4.79 Å². The molecule has 0 saturated carbocycles. The van der Waals surface area contributed by atoms with E-state index in [0.717, 1.165) is 11.1 Å². The largest absolute Gasteiger partial charge is 0.507 e. The molecule has 0 spiro atoms. The number of carbonyl (C=O) groups excluding carboxylic acids is 1. The fraction of sp³-hybridized carbons (Fsp3) is 0.133. The molecule has 0 saturated heterocycles. The van der Waals surface area contributed by atoms with Gasteiger partial charge in [-0.15, -0.1) is 0 Å². The van der Waals surface area contributed by atoms with Gasteiger partial charge >= 0.3 is 0 Å². The molecule has 0 aliphatic carbocycles. The van der Waals surface area contributed by atoms with Crippen molar-refractivity contribution >= 4 is 33.2 Å². The molecule has 0 heterocycles. The first-order chi connectivity index (χ1) is 9.40. The summed E-state index contributed by atoms with van der Waals surface area (Å²) in [5.41, 5.74) is 9.12. The molecule has 0 radical (unpaired) electrons. The van der Waals surface area contributed by atoms with Gasteiger partial charge in [0.15, 0.2) is 0 Å². The van der Waals surface area contributed by atoms with E-state index in [-0.39, 0.29) is 11.3 Å². The summed E-state index contributed by atoms with van der Waals surface area (Å²) in [5, 5.41) is 12.6. The number of aromatic hydroxyl groups is 1. The van der Waals surface area contributed by atoms with Crippen LogP contribution < -0.4 is 11.1 Å². The third-order valence-corrected chi connectivity index (χ3v) is 3.70. The number of phenolic OH excluding ortho intramolecular Hbond substituents is 1. The quantitative estimate of drug-likeness (QED) is 0.734. The summed E-state index contributed by atoms with van der Waals surface area (Å²) in [5.74, 6) is -0.476. The summed E-state index contributed by atoms with van der Waals surface area (Å²) in [6.07, 6.45) is 0. The first kappa shape index (κ1) is 14.4. The zero-order valence-corrected chi connectivity index (χ0v) is 12.8. The number of benzene rings is 2. The smallest absolute Gasteiger partial charge is 0.259 e. The first-order valence-electron chi connectivity index (χ1n) is 6.05. The molecule has 2 aromatic rings. The Hall–Kier alpha value is -2.01. The Balaban J connectivity index is 2.35. The zero-order chi connectivity index (χ0) is 14.9. The van der Waals surface area contributed by atoms with E-state index in [2.05, 4.69) is 21.2 Å². The average molecular weight is 335 g/mol. The second kappa shape index (κ2) is 5.54. The van der Waals surface area contributed by atoms with E-state index in [9.17, 15) is 9.90 Å². The Morgan fingerprint density at radius 1 is 1.25 bits per heavy atom. The van der Waals surface area contributed by atoms with Gasteiger partial charge in [0.1, 0.15) is 5.75 Å². The van der Waals surface area contributed by atoms with Crippen molar-refractivity contribution in [3.05, 3.63) is 51.5 Å². The Morgan fingerprint density at radius 3 is 2.60 bits per heavy atom. The number of nitrogen functional groups attached to an aromatic ring is 1. The summed E-state index contributed by atoms with van der Waals surface area (Å²) in [7, 11) is 0. The Bertz CT molecular complexity index is 684. The molecule has 2 rings (SSSR count). The minimum absolute atomic E-state index is 0.0826. The molecule has 0 unspecified atom stereocenters.